The summed E-state index contributed by atoms with van der Waals surface area (Å²) < 4.78 is 0. The number of fused-ring (bicyclic) bond motifs is 2. The summed E-state index contributed by atoms with van der Waals surface area (Å²) in [6.45, 7) is 0.737. The maximum absolute atomic E-state index is 12.8. The van der Waals surface area contributed by atoms with Crippen LogP contribution in [0.4, 0.5) is 5.69 Å². The highest BCUT2D eigenvalue weighted by Gasteiger charge is 2.29. The lowest BCUT2D eigenvalue weighted by atomic mass is 9.84. The second-order valence-corrected chi connectivity index (χ2v) is 7.75. The third-order valence-corrected chi connectivity index (χ3v) is 5.20. The Bertz CT molecular complexity index is 1170. The smallest absolute Gasteiger partial charge is 0.238 e. The third-order valence-electron chi connectivity index (χ3n) is 4.96. The van der Waals surface area contributed by atoms with Crippen LogP contribution in [0.5, 0.6) is 0 Å². The lowest BCUT2D eigenvalue weighted by molar-refractivity contribution is -0.117. The summed E-state index contributed by atoms with van der Waals surface area (Å²) in [4.78, 5) is 39.8. The normalized spacial score (nSPS) is 12.5. The number of carbonyl (C=O) groups excluding carboxylic acids is 3. The molecule has 0 bridgehead atoms. The Balaban J connectivity index is 1.46. The molecule has 30 heavy (non-hydrogen) atoms. The number of nitrogens with one attached hydrogen (secondary N) is 1. The zero-order valence-electron chi connectivity index (χ0n) is 16.3. The molecule has 1 amide bonds. The van der Waals surface area contributed by atoms with Crippen LogP contribution in [-0.2, 0) is 11.3 Å². The molecular formula is C24H19ClN2O3. The SMILES string of the molecule is CN(CC(=O)Nc1ccc2c(c1)C(=O)c1ccccc1C2=O)Cc1cccc(Cl)c1. The van der Waals surface area contributed by atoms with E-state index in [-0.39, 0.29) is 24.0 Å². The van der Waals surface area contributed by atoms with Gasteiger partial charge in [-0.05, 0) is 42.9 Å². The van der Waals surface area contributed by atoms with Crippen molar-refractivity contribution in [1.29, 1.82) is 0 Å². The number of amides is 1. The van der Waals surface area contributed by atoms with Gasteiger partial charge in [0.05, 0.1) is 6.54 Å². The highest BCUT2D eigenvalue weighted by Crippen LogP contribution is 2.29. The molecule has 1 N–H and O–H groups in total. The highest BCUT2D eigenvalue weighted by atomic mass is 35.5. The maximum Gasteiger partial charge on any atom is 0.238 e. The summed E-state index contributed by atoms with van der Waals surface area (Å²) in [5, 5.41) is 3.46. The Hall–Kier alpha value is -3.28. The summed E-state index contributed by atoms with van der Waals surface area (Å²) in [6.07, 6.45) is 0. The van der Waals surface area contributed by atoms with Crippen LogP contribution in [0.15, 0.2) is 66.7 Å². The number of rotatable bonds is 5. The van der Waals surface area contributed by atoms with Gasteiger partial charge in [0.25, 0.3) is 0 Å². The molecule has 5 nitrogen and oxygen atoms in total. The van der Waals surface area contributed by atoms with E-state index in [2.05, 4.69) is 5.32 Å². The molecule has 1 aliphatic carbocycles. The van der Waals surface area contributed by atoms with E-state index in [9.17, 15) is 14.4 Å². The number of ketones is 2. The van der Waals surface area contributed by atoms with Gasteiger partial charge in [-0.1, -0.05) is 48.0 Å². The predicted molar refractivity (Wildman–Crippen MR) is 116 cm³/mol. The van der Waals surface area contributed by atoms with E-state index in [1.165, 1.54) is 0 Å². The Morgan fingerprint density at radius 2 is 1.53 bits per heavy atom. The van der Waals surface area contributed by atoms with Crippen LogP contribution >= 0.6 is 11.6 Å². The molecule has 3 aromatic rings. The Morgan fingerprint density at radius 3 is 2.23 bits per heavy atom. The van der Waals surface area contributed by atoms with E-state index in [4.69, 9.17) is 11.6 Å². The first-order valence-electron chi connectivity index (χ1n) is 9.47. The molecule has 0 aromatic heterocycles. The van der Waals surface area contributed by atoms with Crippen LogP contribution < -0.4 is 5.32 Å². The van der Waals surface area contributed by atoms with Crippen LogP contribution in [0.1, 0.15) is 37.4 Å². The lowest BCUT2D eigenvalue weighted by Crippen LogP contribution is -2.30. The molecule has 0 atom stereocenters. The molecule has 0 saturated carbocycles. The van der Waals surface area contributed by atoms with Gasteiger partial charge in [0.15, 0.2) is 11.6 Å². The average Bonchev–Trinajstić information content (AvgIpc) is 2.72. The quantitative estimate of drug-likeness (QED) is 0.528. The molecule has 0 saturated heterocycles. The fourth-order valence-electron chi connectivity index (χ4n) is 3.63. The summed E-state index contributed by atoms with van der Waals surface area (Å²) in [7, 11) is 1.84. The molecular weight excluding hydrogens is 400 g/mol. The number of carbonyl (C=O) groups is 3. The van der Waals surface area contributed by atoms with Crippen LogP contribution in [0.25, 0.3) is 0 Å². The van der Waals surface area contributed by atoms with Crippen molar-refractivity contribution in [2.75, 3.05) is 18.9 Å². The standard InChI is InChI=1S/C24H19ClN2O3/c1-27(13-15-5-4-6-16(25)11-15)14-22(28)26-17-9-10-20-21(12-17)24(30)19-8-3-2-7-18(19)23(20)29/h2-12H,13-14H2,1H3,(H,26,28). The van der Waals surface area contributed by atoms with E-state index in [0.29, 0.717) is 39.5 Å². The molecule has 0 aliphatic heterocycles. The molecule has 3 aromatic carbocycles. The van der Waals surface area contributed by atoms with Gasteiger partial charge in [0.2, 0.25) is 5.91 Å². The van der Waals surface area contributed by atoms with Gasteiger partial charge in [0.1, 0.15) is 0 Å². The molecule has 4 rings (SSSR count). The van der Waals surface area contributed by atoms with Crippen molar-refractivity contribution in [3.8, 4) is 0 Å². The van der Waals surface area contributed by atoms with Crippen molar-refractivity contribution in [1.82, 2.24) is 4.90 Å². The van der Waals surface area contributed by atoms with Crippen molar-refractivity contribution in [3.63, 3.8) is 0 Å². The summed E-state index contributed by atoms with van der Waals surface area (Å²) in [5.41, 5.74) is 2.96. The second-order valence-electron chi connectivity index (χ2n) is 7.31. The minimum absolute atomic E-state index is 0.166. The summed E-state index contributed by atoms with van der Waals surface area (Å²) >= 11 is 6.00. The molecule has 0 unspecified atom stereocenters. The molecule has 0 spiro atoms. The Labute approximate surface area is 179 Å². The zero-order valence-corrected chi connectivity index (χ0v) is 17.1. The Kier molecular flexibility index (Phi) is 5.48. The van der Waals surface area contributed by atoms with Crippen molar-refractivity contribution in [2.45, 2.75) is 6.54 Å². The minimum atomic E-state index is -0.214. The van der Waals surface area contributed by atoms with E-state index >= 15 is 0 Å². The van der Waals surface area contributed by atoms with E-state index in [1.807, 2.05) is 30.1 Å². The van der Waals surface area contributed by atoms with Crippen molar-refractivity contribution in [2.24, 2.45) is 0 Å². The molecule has 0 fully saturated rings. The fourth-order valence-corrected chi connectivity index (χ4v) is 3.84. The van der Waals surface area contributed by atoms with E-state index in [0.717, 1.165) is 5.56 Å². The van der Waals surface area contributed by atoms with Crippen molar-refractivity contribution >= 4 is 34.8 Å². The molecule has 1 aliphatic rings. The minimum Gasteiger partial charge on any atom is -0.325 e. The number of hydrogen-bond donors (Lipinski definition) is 1. The molecule has 0 radical (unpaired) electrons. The van der Waals surface area contributed by atoms with Gasteiger partial charge < -0.3 is 5.32 Å². The monoisotopic (exact) mass is 418 g/mol. The first-order chi connectivity index (χ1) is 14.4. The highest BCUT2D eigenvalue weighted by molar-refractivity contribution is 6.30. The second kappa shape index (κ2) is 8.22. The topological polar surface area (TPSA) is 66.5 Å². The summed E-state index contributed by atoms with van der Waals surface area (Å²) in [5.74, 6) is -0.608. The molecule has 150 valence electrons. The van der Waals surface area contributed by atoms with E-state index in [1.54, 1.807) is 48.5 Å². The van der Waals surface area contributed by atoms with Crippen LogP contribution in [0, 0.1) is 0 Å². The summed E-state index contributed by atoms with van der Waals surface area (Å²) in [6, 6.07) is 19.1. The predicted octanol–water partition coefficient (Wildman–Crippen LogP) is 4.19. The van der Waals surface area contributed by atoms with Gasteiger partial charge in [-0.15, -0.1) is 0 Å². The zero-order chi connectivity index (χ0) is 21.3. The average molecular weight is 419 g/mol. The van der Waals surface area contributed by atoms with Crippen LogP contribution in [0.3, 0.4) is 0 Å². The van der Waals surface area contributed by atoms with Gasteiger partial charge in [0, 0.05) is 39.5 Å². The number of likely N-dealkylation sites (N-methyl/N-ethyl adjacent to an activating group) is 1. The van der Waals surface area contributed by atoms with Gasteiger partial charge in [-0.25, -0.2) is 0 Å². The van der Waals surface area contributed by atoms with Gasteiger partial charge >= 0.3 is 0 Å². The number of halogens is 1. The Morgan fingerprint density at radius 1 is 0.867 bits per heavy atom. The molecule has 0 heterocycles. The number of hydrogen-bond acceptors (Lipinski definition) is 4. The fraction of sp³-hybridized carbons (Fsp3) is 0.125. The van der Waals surface area contributed by atoms with Crippen molar-refractivity contribution < 1.29 is 14.4 Å². The van der Waals surface area contributed by atoms with Gasteiger partial charge in [-0.3, -0.25) is 19.3 Å². The first-order valence-corrected chi connectivity index (χ1v) is 9.85. The van der Waals surface area contributed by atoms with Crippen LogP contribution in [0.2, 0.25) is 5.02 Å². The van der Waals surface area contributed by atoms with Gasteiger partial charge in [-0.2, -0.15) is 0 Å². The van der Waals surface area contributed by atoms with Crippen molar-refractivity contribution in [3.05, 3.63) is 99.6 Å². The largest absolute Gasteiger partial charge is 0.325 e. The molecule has 6 heteroatoms. The first kappa shape index (κ1) is 20.0. The number of anilines is 1. The van der Waals surface area contributed by atoms with Crippen LogP contribution in [-0.4, -0.2) is 36.0 Å². The number of nitrogens with zero attached hydrogens (tertiary/aromatic N) is 1. The lowest BCUT2D eigenvalue weighted by Gasteiger charge is -2.19. The number of benzene rings is 3. The third kappa shape index (κ3) is 4.03. The van der Waals surface area contributed by atoms with E-state index < -0.39 is 0 Å². The maximum atomic E-state index is 12.8.